The molecule has 3 aromatic rings. The van der Waals surface area contributed by atoms with Crippen LogP contribution in [-0.4, -0.2) is 41.1 Å². The molecule has 9 heteroatoms. The summed E-state index contributed by atoms with van der Waals surface area (Å²) in [4.78, 5) is 28.7. The van der Waals surface area contributed by atoms with Crippen LogP contribution in [0.1, 0.15) is 33.4 Å². The number of ether oxygens (including phenoxy) is 1. The molecule has 0 saturated carbocycles. The van der Waals surface area contributed by atoms with Crippen LogP contribution in [-0.2, 0) is 16.1 Å². The summed E-state index contributed by atoms with van der Waals surface area (Å²) in [6.45, 7) is 7.97. The third kappa shape index (κ3) is 5.61. The maximum Gasteiger partial charge on any atom is 0.414 e. The van der Waals surface area contributed by atoms with Crippen LogP contribution in [0.4, 0.5) is 14.9 Å². The number of anilines is 1. The Hall–Kier alpha value is -3.46. The number of pyridine rings is 1. The molecule has 32 heavy (non-hydrogen) atoms. The summed E-state index contributed by atoms with van der Waals surface area (Å²) in [7, 11) is 1.50. The SMILES string of the molecule is CC.CC(=O)NCc1cn2cc(-c3ccc(N4CC(C)OC4=O)cc3F)ccc2n1.CN. The Morgan fingerprint density at radius 1 is 1.25 bits per heavy atom. The molecule has 4 rings (SSSR count). The van der Waals surface area contributed by atoms with E-state index < -0.39 is 11.9 Å². The number of rotatable bonds is 4. The fraction of sp³-hybridized carbons (Fsp3) is 0.348. The van der Waals surface area contributed by atoms with Gasteiger partial charge < -0.3 is 20.2 Å². The van der Waals surface area contributed by atoms with Gasteiger partial charge in [0.25, 0.3) is 0 Å². The van der Waals surface area contributed by atoms with Crippen molar-refractivity contribution >= 4 is 23.3 Å². The van der Waals surface area contributed by atoms with Crippen LogP contribution in [0, 0.1) is 5.82 Å². The number of cyclic esters (lactones) is 1. The molecule has 3 heterocycles. The lowest BCUT2D eigenvalue weighted by Crippen LogP contribution is -2.24. The highest BCUT2D eigenvalue weighted by Gasteiger charge is 2.29. The van der Waals surface area contributed by atoms with E-state index >= 15 is 0 Å². The number of benzene rings is 1. The zero-order valence-corrected chi connectivity index (χ0v) is 19.1. The average molecular weight is 444 g/mol. The number of fused-ring (bicyclic) bond motifs is 1. The van der Waals surface area contributed by atoms with Gasteiger partial charge in [-0.05, 0) is 44.3 Å². The number of nitrogens with two attached hydrogens (primary N) is 1. The first-order chi connectivity index (χ1) is 15.4. The van der Waals surface area contributed by atoms with Gasteiger partial charge in [0.2, 0.25) is 5.91 Å². The second-order valence-corrected chi connectivity index (χ2v) is 6.79. The predicted molar refractivity (Wildman–Crippen MR) is 123 cm³/mol. The Morgan fingerprint density at radius 3 is 2.56 bits per heavy atom. The number of nitrogens with one attached hydrogen (secondary N) is 1. The van der Waals surface area contributed by atoms with Crippen molar-refractivity contribution in [1.29, 1.82) is 0 Å². The lowest BCUT2D eigenvalue weighted by Gasteiger charge is -2.14. The summed E-state index contributed by atoms with van der Waals surface area (Å²) in [5, 5.41) is 2.70. The second kappa shape index (κ2) is 11.2. The molecule has 1 saturated heterocycles. The molecule has 1 aliphatic rings. The van der Waals surface area contributed by atoms with Crippen molar-refractivity contribution in [2.45, 2.75) is 40.3 Å². The number of carbonyl (C=O) groups is 2. The summed E-state index contributed by atoms with van der Waals surface area (Å²) in [5.41, 5.74) is 7.48. The van der Waals surface area contributed by atoms with E-state index in [1.807, 2.05) is 13.8 Å². The highest BCUT2D eigenvalue weighted by molar-refractivity contribution is 5.90. The predicted octanol–water partition coefficient (Wildman–Crippen LogP) is 3.72. The summed E-state index contributed by atoms with van der Waals surface area (Å²) in [6.07, 6.45) is 2.89. The first kappa shape index (κ1) is 24.8. The topological polar surface area (TPSA) is 102 Å². The number of carbonyl (C=O) groups excluding carboxylic acids is 2. The molecular weight excluding hydrogens is 413 g/mol. The number of hydrogen-bond donors (Lipinski definition) is 2. The molecule has 8 nitrogen and oxygen atoms in total. The Kier molecular flexibility index (Phi) is 8.71. The molecule has 0 aliphatic carbocycles. The highest BCUT2D eigenvalue weighted by atomic mass is 19.1. The number of nitrogens with zero attached hydrogens (tertiary/aromatic N) is 3. The molecule has 1 aromatic carbocycles. The van der Waals surface area contributed by atoms with Crippen molar-refractivity contribution in [2.75, 3.05) is 18.5 Å². The van der Waals surface area contributed by atoms with E-state index in [2.05, 4.69) is 16.0 Å². The van der Waals surface area contributed by atoms with Gasteiger partial charge in [-0.1, -0.05) is 13.8 Å². The smallest absolute Gasteiger partial charge is 0.414 e. The molecule has 1 atom stereocenters. The number of hydrogen-bond acceptors (Lipinski definition) is 5. The fourth-order valence-corrected chi connectivity index (χ4v) is 3.23. The minimum absolute atomic E-state index is 0.129. The van der Waals surface area contributed by atoms with Gasteiger partial charge in [-0.25, -0.2) is 14.2 Å². The minimum Gasteiger partial charge on any atom is -0.444 e. The van der Waals surface area contributed by atoms with Crippen LogP contribution in [0.3, 0.4) is 0 Å². The molecule has 2 aromatic heterocycles. The lowest BCUT2D eigenvalue weighted by atomic mass is 10.1. The van der Waals surface area contributed by atoms with Crippen LogP contribution in [0.25, 0.3) is 16.8 Å². The molecule has 1 aliphatic heterocycles. The van der Waals surface area contributed by atoms with Crippen molar-refractivity contribution < 1.29 is 18.7 Å². The lowest BCUT2D eigenvalue weighted by molar-refractivity contribution is -0.119. The fourth-order valence-electron chi connectivity index (χ4n) is 3.23. The van der Waals surface area contributed by atoms with Crippen molar-refractivity contribution in [3.8, 4) is 11.1 Å². The van der Waals surface area contributed by atoms with Crippen LogP contribution < -0.4 is 16.0 Å². The average Bonchev–Trinajstić information content (AvgIpc) is 3.36. The molecule has 3 N–H and O–H groups in total. The van der Waals surface area contributed by atoms with E-state index in [4.69, 9.17) is 4.74 Å². The third-order valence-corrected chi connectivity index (χ3v) is 4.56. The van der Waals surface area contributed by atoms with Gasteiger partial charge in [-0.2, -0.15) is 0 Å². The number of halogens is 1. The van der Waals surface area contributed by atoms with Gasteiger partial charge in [0.15, 0.2) is 0 Å². The number of imidazole rings is 1. The van der Waals surface area contributed by atoms with E-state index in [0.717, 1.165) is 0 Å². The van der Waals surface area contributed by atoms with E-state index in [1.54, 1.807) is 48.0 Å². The van der Waals surface area contributed by atoms with Gasteiger partial charge in [0.05, 0.1) is 24.5 Å². The van der Waals surface area contributed by atoms with Crippen molar-refractivity contribution in [3.63, 3.8) is 0 Å². The summed E-state index contributed by atoms with van der Waals surface area (Å²) in [5.74, 6) is -0.557. The molecule has 2 amide bonds. The minimum atomic E-state index is -0.466. The first-order valence-corrected chi connectivity index (χ1v) is 10.5. The maximum absolute atomic E-state index is 14.8. The van der Waals surface area contributed by atoms with E-state index in [1.165, 1.54) is 24.9 Å². The van der Waals surface area contributed by atoms with Gasteiger partial charge in [-0.3, -0.25) is 9.69 Å². The van der Waals surface area contributed by atoms with Crippen molar-refractivity contribution in [1.82, 2.24) is 14.7 Å². The van der Waals surface area contributed by atoms with Gasteiger partial charge >= 0.3 is 6.09 Å². The van der Waals surface area contributed by atoms with E-state index in [0.29, 0.717) is 41.2 Å². The Bertz CT molecular complexity index is 1080. The molecule has 0 radical (unpaired) electrons. The van der Waals surface area contributed by atoms with Crippen LogP contribution in [0.2, 0.25) is 0 Å². The largest absolute Gasteiger partial charge is 0.444 e. The van der Waals surface area contributed by atoms with Gasteiger partial charge in [0, 0.05) is 30.4 Å². The molecular formula is C23H30FN5O3. The second-order valence-electron chi connectivity index (χ2n) is 6.79. The van der Waals surface area contributed by atoms with Gasteiger partial charge in [-0.15, -0.1) is 0 Å². The Morgan fingerprint density at radius 2 is 1.97 bits per heavy atom. The quantitative estimate of drug-likeness (QED) is 0.640. The summed E-state index contributed by atoms with van der Waals surface area (Å²) < 4.78 is 21.7. The zero-order valence-electron chi connectivity index (χ0n) is 19.1. The third-order valence-electron chi connectivity index (χ3n) is 4.56. The molecule has 0 bridgehead atoms. The summed E-state index contributed by atoms with van der Waals surface area (Å²) >= 11 is 0. The highest BCUT2D eigenvalue weighted by Crippen LogP contribution is 2.29. The van der Waals surface area contributed by atoms with E-state index in [9.17, 15) is 14.0 Å². The number of aromatic nitrogens is 2. The molecule has 0 spiro atoms. The Labute approximate surface area is 187 Å². The molecule has 1 fully saturated rings. The maximum atomic E-state index is 14.8. The zero-order chi connectivity index (χ0) is 23.8. The van der Waals surface area contributed by atoms with Crippen LogP contribution in [0.5, 0.6) is 0 Å². The normalized spacial score (nSPS) is 14.8. The number of amides is 2. The van der Waals surface area contributed by atoms with Crippen molar-refractivity contribution in [2.24, 2.45) is 5.73 Å². The molecule has 1 unspecified atom stereocenters. The van der Waals surface area contributed by atoms with Crippen LogP contribution in [0.15, 0.2) is 42.7 Å². The van der Waals surface area contributed by atoms with Crippen LogP contribution >= 0.6 is 0 Å². The molecule has 172 valence electrons. The van der Waals surface area contributed by atoms with Crippen molar-refractivity contribution in [3.05, 3.63) is 54.2 Å². The van der Waals surface area contributed by atoms with E-state index in [-0.39, 0.29) is 12.0 Å². The van der Waals surface area contributed by atoms with Gasteiger partial charge in [0.1, 0.15) is 17.6 Å². The summed E-state index contributed by atoms with van der Waals surface area (Å²) in [6, 6.07) is 8.28. The monoisotopic (exact) mass is 443 g/mol. The first-order valence-electron chi connectivity index (χ1n) is 10.5. The standard InChI is InChI=1S/C20H19FN4O3.C2H6.CH5N/c1-12-9-25(20(27)28-12)16-4-5-17(18(21)7-16)14-3-6-19-23-15(8-22-13(2)26)11-24(19)10-14;2*1-2/h3-7,10-12H,8-9H2,1-2H3,(H,22,26);1-2H3;2H2,1H3. The Balaban J connectivity index is 0.000000860.